The lowest BCUT2D eigenvalue weighted by molar-refractivity contribution is -0.139. The monoisotopic (exact) mass is 363 g/mol. The molecular weight excluding hydrogens is 349 g/mol. The van der Waals surface area contributed by atoms with E-state index in [1.807, 2.05) is 30.3 Å². The van der Waals surface area contributed by atoms with Crippen LogP contribution in [-0.4, -0.2) is 24.6 Å². The molecular formula is C17H15Cl2N3O2. The van der Waals surface area contributed by atoms with Gasteiger partial charge >= 0.3 is 11.8 Å². The smallest absolute Gasteiger partial charge is 0.329 e. The van der Waals surface area contributed by atoms with E-state index >= 15 is 0 Å². The number of hydrazone groups is 1. The zero-order chi connectivity index (χ0) is 17.4. The van der Waals surface area contributed by atoms with E-state index in [2.05, 4.69) is 15.8 Å². The van der Waals surface area contributed by atoms with E-state index in [0.717, 1.165) is 5.56 Å². The first-order chi connectivity index (χ1) is 11.6. The van der Waals surface area contributed by atoms with Gasteiger partial charge in [-0.3, -0.25) is 9.59 Å². The van der Waals surface area contributed by atoms with Crippen LogP contribution in [0.1, 0.15) is 11.1 Å². The summed E-state index contributed by atoms with van der Waals surface area (Å²) < 4.78 is 0. The van der Waals surface area contributed by atoms with Crippen LogP contribution in [0, 0.1) is 0 Å². The van der Waals surface area contributed by atoms with Crippen molar-refractivity contribution in [3.05, 3.63) is 69.7 Å². The molecule has 24 heavy (non-hydrogen) atoms. The van der Waals surface area contributed by atoms with Gasteiger partial charge in [-0.2, -0.15) is 5.10 Å². The SMILES string of the molecule is O=C(NCCc1ccccc1)C(=O)N/N=C\c1ccc(Cl)c(Cl)c1. The summed E-state index contributed by atoms with van der Waals surface area (Å²) in [5, 5.41) is 7.05. The molecule has 2 aromatic rings. The first-order valence-corrected chi connectivity index (χ1v) is 7.92. The number of nitrogens with one attached hydrogen (secondary N) is 2. The van der Waals surface area contributed by atoms with Gasteiger partial charge in [-0.1, -0.05) is 59.6 Å². The molecule has 124 valence electrons. The van der Waals surface area contributed by atoms with Crippen LogP contribution in [0.2, 0.25) is 10.0 Å². The Balaban J connectivity index is 1.76. The maximum absolute atomic E-state index is 11.6. The minimum Gasteiger partial charge on any atom is -0.347 e. The number of amides is 2. The fourth-order valence-corrected chi connectivity index (χ4v) is 2.16. The van der Waals surface area contributed by atoms with E-state index in [4.69, 9.17) is 23.2 Å². The molecule has 0 saturated carbocycles. The average Bonchev–Trinajstić information content (AvgIpc) is 2.59. The highest BCUT2D eigenvalue weighted by Crippen LogP contribution is 2.21. The Morgan fingerprint density at radius 2 is 1.75 bits per heavy atom. The van der Waals surface area contributed by atoms with Crippen LogP contribution in [0.15, 0.2) is 53.6 Å². The molecule has 0 bridgehead atoms. The van der Waals surface area contributed by atoms with Gasteiger partial charge in [-0.15, -0.1) is 0 Å². The molecule has 5 nitrogen and oxygen atoms in total. The van der Waals surface area contributed by atoms with Crippen molar-refractivity contribution in [3.8, 4) is 0 Å². The van der Waals surface area contributed by atoms with Gasteiger partial charge in [0.25, 0.3) is 0 Å². The van der Waals surface area contributed by atoms with Gasteiger partial charge in [0.15, 0.2) is 0 Å². The molecule has 0 fully saturated rings. The summed E-state index contributed by atoms with van der Waals surface area (Å²) in [5.41, 5.74) is 3.88. The van der Waals surface area contributed by atoms with Crippen molar-refractivity contribution in [2.24, 2.45) is 5.10 Å². The lowest BCUT2D eigenvalue weighted by atomic mass is 10.1. The van der Waals surface area contributed by atoms with Crippen molar-refractivity contribution in [2.45, 2.75) is 6.42 Å². The fourth-order valence-electron chi connectivity index (χ4n) is 1.85. The Kier molecular flexibility index (Phi) is 6.78. The molecule has 0 aromatic heterocycles. The molecule has 0 heterocycles. The molecule has 0 radical (unpaired) electrons. The molecule has 0 saturated heterocycles. The Hall–Kier alpha value is -2.37. The molecule has 2 N–H and O–H groups in total. The number of hydrogen-bond acceptors (Lipinski definition) is 3. The molecule has 0 spiro atoms. The van der Waals surface area contributed by atoms with E-state index in [0.29, 0.717) is 28.6 Å². The number of rotatable bonds is 5. The van der Waals surface area contributed by atoms with Gasteiger partial charge in [-0.25, -0.2) is 5.43 Å². The van der Waals surface area contributed by atoms with Crippen LogP contribution in [0.3, 0.4) is 0 Å². The minimum atomic E-state index is -0.834. The molecule has 2 rings (SSSR count). The van der Waals surface area contributed by atoms with Gasteiger partial charge in [0.1, 0.15) is 0 Å². The molecule has 7 heteroatoms. The normalized spacial score (nSPS) is 10.6. The van der Waals surface area contributed by atoms with E-state index in [9.17, 15) is 9.59 Å². The highest BCUT2D eigenvalue weighted by atomic mass is 35.5. The van der Waals surface area contributed by atoms with Crippen molar-refractivity contribution in [1.82, 2.24) is 10.7 Å². The topological polar surface area (TPSA) is 70.6 Å². The van der Waals surface area contributed by atoms with E-state index < -0.39 is 11.8 Å². The maximum atomic E-state index is 11.6. The zero-order valence-corrected chi connectivity index (χ0v) is 14.1. The van der Waals surface area contributed by atoms with Gasteiger partial charge in [0.2, 0.25) is 0 Å². The first-order valence-electron chi connectivity index (χ1n) is 7.16. The minimum absolute atomic E-state index is 0.368. The lowest BCUT2D eigenvalue weighted by Crippen LogP contribution is -2.38. The second kappa shape index (κ2) is 9.05. The summed E-state index contributed by atoms with van der Waals surface area (Å²) in [5.74, 6) is -1.57. The number of carbonyl (C=O) groups is 2. The molecule has 2 amide bonds. The van der Waals surface area contributed by atoms with Crippen LogP contribution >= 0.6 is 23.2 Å². The van der Waals surface area contributed by atoms with Crippen molar-refractivity contribution in [3.63, 3.8) is 0 Å². The van der Waals surface area contributed by atoms with Crippen LogP contribution in [0.25, 0.3) is 0 Å². The molecule has 0 aliphatic rings. The van der Waals surface area contributed by atoms with Crippen molar-refractivity contribution >= 4 is 41.2 Å². The van der Waals surface area contributed by atoms with Crippen LogP contribution in [0.4, 0.5) is 0 Å². The number of nitrogens with zero attached hydrogens (tertiary/aromatic N) is 1. The van der Waals surface area contributed by atoms with Crippen LogP contribution in [0.5, 0.6) is 0 Å². The van der Waals surface area contributed by atoms with Gasteiger partial charge in [-0.05, 0) is 29.7 Å². The van der Waals surface area contributed by atoms with Gasteiger partial charge < -0.3 is 5.32 Å². The third-order valence-corrected chi connectivity index (χ3v) is 3.81. The predicted octanol–water partition coefficient (Wildman–Crippen LogP) is 2.80. The standard InChI is InChI=1S/C17H15Cl2N3O2/c18-14-7-6-13(10-15(14)19)11-21-22-17(24)16(23)20-9-8-12-4-2-1-3-5-12/h1-7,10-11H,8-9H2,(H,20,23)(H,22,24)/b21-11-. The summed E-state index contributed by atoms with van der Waals surface area (Å²) >= 11 is 11.7. The Morgan fingerprint density at radius 3 is 2.46 bits per heavy atom. The van der Waals surface area contributed by atoms with Crippen molar-refractivity contribution in [2.75, 3.05) is 6.54 Å². The van der Waals surface area contributed by atoms with E-state index in [1.54, 1.807) is 18.2 Å². The zero-order valence-electron chi connectivity index (χ0n) is 12.6. The maximum Gasteiger partial charge on any atom is 0.329 e. The van der Waals surface area contributed by atoms with E-state index in [-0.39, 0.29) is 0 Å². The molecule has 0 unspecified atom stereocenters. The Labute approximate surface area is 149 Å². The number of benzene rings is 2. The molecule has 0 aliphatic carbocycles. The summed E-state index contributed by atoms with van der Waals surface area (Å²) in [6.45, 7) is 0.368. The predicted molar refractivity (Wildman–Crippen MR) is 95.4 cm³/mol. The van der Waals surface area contributed by atoms with Gasteiger partial charge in [0.05, 0.1) is 16.3 Å². The quantitative estimate of drug-likeness (QED) is 0.487. The Bertz CT molecular complexity index is 749. The molecule has 0 aliphatic heterocycles. The summed E-state index contributed by atoms with van der Waals surface area (Å²) in [6, 6.07) is 14.6. The first kappa shape index (κ1) is 18.0. The second-order valence-electron chi connectivity index (χ2n) is 4.86. The van der Waals surface area contributed by atoms with Gasteiger partial charge in [0, 0.05) is 6.54 Å². The molecule has 0 atom stereocenters. The summed E-state index contributed by atoms with van der Waals surface area (Å²) in [4.78, 5) is 23.3. The van der Waals surface area contributed by atoms with E-state index in [1.165, 1.54) is 6.21 Å². The third kappa shape index (κ3) is 5.68. The van der Waals surface area contributed by atoms with Crippen LogP contribution in [-0.2, 0) is 16.0 Å². The molecule has 2 aromatic carbocycles. The largest absolute Gasteiger partial charge is 0.347 e. The average molecular weight is 364 g/mol. The number of halogens is 2. The number of carbonyl (C=O) groups excluding carboxylic acids is 2. The highest BCUT2D eigenvalue weighted by molar-refractivity contribution is 6.42. The second-order valence-corrected chi connectivity index (χ2v) is 5.68. The summed E-state index contributed by atoms with van der Waals surface area (Å²) in [6.07, 6.45) is 2.02. The number of hydrogen-bond donors (Lipinski definition) is 2. The highest BCUT2D eigenvalue weighted by Gasteiger charge is 2.11. The lowest BCUT2D eigenvalue weighted by Gasteiger charge is -2.04. The third-order valence-electron chi connectivity index (χ3n) is 3.07. The van der Waals surface area contributed by atoms with Crippen molar-refractivity contribution < 1.29 is 9.59 Å². The van der Waals surface area contributed by atoms with Crippen LogP contribution < -0.4 is 10.7 Å². The summed E-state index contributed by atoms with van der Waals surface area (Å²) in [7, 11) is 0. The Morgan fingerprint density at radius 1 is 1.00 bits per heavy atom. The fraction of sp³-hybridized carbons (Fsp3) is 0.118. The van der Waals surface area contributed by atoms with Crippen molar-refractivity contribution in [1.29, 1.82) is 0 Å².